The van der Waals surface area contributed by atoms with E-state index in [1.54, 1.807) is 18.2 Å². The highest BCUT2D eigenvalue weighted by Gasteiger charge is 2.21. The van der Waals surface area contributed by atoms with E-state index < -0.39 is 0 Å². The lowest BCUT2D eigenvalue weighted by atomic mass is 10.1. The van der Waals surface area contributed by atoms with Crippen LogP contribution in [0.15, 0.2) is 47.4 Å². The Morgan fingerprint density at radius 3 is 2.89 bits per heavy atom. The third-order valence-electron chi connectivity index (χ3n) is 3.19. The van der Waals surface area contributed by atoms with Gasteiger partial charge in [0.1, 0.15) is 0 Å². The molecule has 0 aliphatic carbocycles. The third kappa shape index (κ3) is 2.72. The zero-order valence-corrected chi connectivity index (χ0v) is 11.8. The Hall–Kier alpha value is -1.19. The fourth-order valence-corrected chi connectivity index (χ4v) is 3.65. The maximum absolute atomic E-state index is 13.7. The molecule has 0 saturated heterocycles. The predicted octanol–water partition coefficient (Wildman–Crippen LogP) is 4.61. The van der Waals surface area contributed by atoms with Crippen LogP contribution < -0.4 is 5.32 Å². The summed E-state index contributed by atoms with van der Waals surface area (Å²) in [5, 5.41) is 3.75. The molecule has 1 aliphatic heterocycles. The van der Waals surface area contributed by atoms with Crippen LogP contribution in [0.1, 0.15) is 5.56 Å². The minimum absolute atomic E-state index is 0.160. The van der Waals surface area contributed by atoms with Crippen LogP contribution in [0.3, 0.4) is 0 Å². The van der Waals surface area contributed by atoms with Gasteiger partial charge in [0.2, 0.25) is 0 Å². The molecule has 0 bridgehead atoms. The average molecular weight is 294 g/mol. The molecular formula is C15H13ClFNS. The Balaban J connectivity index is 1.64. The molecule has 1 nitrogen and oxygen atoms in total. The van der Waals surface area contributed by atoms with Crippen molar-refractivity contribution in [3.8, 4) is 0 Å². The van der Waals surface area contributed by atoms with E-state index in [1.165, 1.54) is 10.5 Å². The molecule has 0 aromatic heterocycles. The van der Waals surface area contributed by atoms with Crippen LogP contribution in [0.4, 0.5) is 10.1 Å². The maximum atomic E-state index is 13.7. The molecule has 19 heavy (non-hydrogen) atoms. The van der Waals surface area contributed by atoms with E-state index in [4.69, 9.17) is 11.6 Å². The van der Waals surface area contributed by atoms with Gasteiger partial charge in [-0.3, -0.25) is 0 Å². The number of rotatable bonds is 3. The van der Waals surface area contributed by atoms with Gasteiger partial charge < -0.3 is 5.32 Å². The van der Waals surface area contributed by atoms with E-state index in [9.17, 15) is 4.39 Å². The van der Waals surface area contributed by atoms with Crippen LogP contribution in [0, 0.1) is 5.82 Å². The average Bonchev–Trinajstić information content (AvgIpc) is 2.83. The fraction of sp³-hybridized carbons (Fsp3) is 0.200. The van der Waals surface area contributed by atoms with E-state index >= 15 is 0 Å². The van der Waals surface area contributed by atoms with Gasteiger partial charge in [0.05, 0.1) is 10.7 Å². The Kier molecular flexibility index (Phi) is 3.67. The quantitative estimate of drug-likeness (QED) is 0.887. The fourth-order valence-electron chi connectivity index (χ4n) is 2.23. The van der Waals surface area contributed by atoms with E-state index in [1.807, 2.05) is 11.8 Å². The zero-order valence-electron chi connectivity index (χ0n) is 10.2. The summed E-state index contributed by atoms with van der Waals surface area (Å²) in [5.74, 6) is -0.371. The highest BCUT2D eigenvalue weighted by atomic mass is 35.5. The summed E-state index contributed by atoms with van der Waals surface area (Å²) in [6.07, 6.45) is 1.02. The maximum Gasteiger partial charge on any atom is 0.164 e. The van der Waals surface area contributed by atoms with E-state index in [-0.39, 0.29) is 10.8 Å². The molecule has 98 valence electrons. The van der Waals surface area contributed by atoms with Gasteiger partial charge in [-0.05, 0) is 30.2 Å². The summed E-state index contributed by atoms with van der Waals surface area (Å²) in [7, 11) is 0. The lowest BCUT2D eigenvalue weighted by Gasteiger charge is -2.12. The Labute approximate surface area is 121 Å². The van der Waals surface area contributed by atoms with Crippen molar-refractivity contribution in [1.29, 1.82) is 0 Å². The smallest absolute Gasteiger partial charge is 0.164 e. The lowest BCUT2D eigenvalue weighted by molar-refractivity contribution is 0.630. The molecule has 1 heterocycles. The Morgan fingerprint density at radius 1 is 1.21 bits per heavy atom. The zero-order chi connectivity index (χ0) is 13.2. The number of anilines is 1. The summed E-state index contributed by atoms with van der Waals surface area (Å²) in [6.45, 7) is 0.733. The van der Waals surface area contributed by atoms with Crippen LogP contribution in [0.2, 0.25) is 5.02 Å². The molecule has 0 amide bonds. The van der Waals surface area contributed by atoms with Gasteiger partial charge in [0, 0.05) is 16.7 Å². The first-order chi connectivity index (χ1) is 9.24. The van der Waals surface area contributed by atoms with Crippen molar-refractivity contribution in [2.24, 2.45) is 0 Å². The van der Waals surface area contributed by atoms with Crippen LogP contribution in [-0.2, 0) is 6.42 Å². The number of benzene rings is 2. The molecule has 0 spiro atoms. The van der Waals surface area contributed by atoms with Crippen molar-refractivity contribution in [2.75, 3.05) is 11.9 Å². The number of thioether (sulfide) groups is 1. The second kappa shape index (κ2) is 5.43. The second-order valence-corrected chi connectivity index (χ2v) is 6.28. The summed E-state index contributed by atoms with van der Waals surface area (Å²) >= 11 is 7.61. The van der Waals surface area contributed by atoms with Gasteiger partial charge in [-0.15, -0.1) is 11.8 Å². The number of fused-ring (bicyclic) bond motifs is 1. The van der Waals surface area contributed by atoms with Gasteiger partial charge in [0.15, 0.2) is 5.82 Å². The first-order valence-electron chi connectivity index (χ1n) is 6.16. The number of halogens is 2. The van der Waals surface area contributed by atoms with Crippen LogP contribution in [0.5, 0.6) is 0 Å². The molecule has 0 radical (unpaired) electrons. The van der Waals surface area contributed by atoms with E-state index in [0.717, 1.165) is 13.0 Å². The second-order valence-electron chi connectivity index (χ2n) is 4.53. The van der Waals surface area contributed by atoms with E-state index in [0.29, 0.717) is 10.9 Å². The summed E-state index contributed by atoms with van der Waals surface area (Å²) in [6, 6.07) is 13.4. The van der Waals surface area contributed by atoms with Gasteiger partial charge in [-0.25, -0.2) is 4.39 Å². The molecule has 1 unspecified atom stereocenters. The minimum atomic E-state index is -0.371. The minimum Gasteiger partial charge on any atom is -0.381 e. The number of hydrogen-bond donors (Lipinski definition) is 1. The summed E-state index contributed by atoms with van der Waals surface area (Å²) < 4.78 is 13.7. The first-order valence-corrected chi connectivity index (χ1v) is 7.42. The number of nitrogens with one attached hydrogen (secondary N) is 1. The monoisotopic (exact) mass is 293 g/mol. The molecule has 2 aromatic carbocycles. The molecule has 1 N–H and O–H groups in total. The molecule has 2 aromatic rings. The molecular weight excluding hydrogens is 281 g/mol. The Bertz CT molecular complexity index is 577. The molecule has 0 saturated carbocycles. The predicted molar refractivity (Wildman–Crippen MR) is 79.7 cm³/mol. The van der Waals surface area contributed by atoms with E-state index in [2.05, 4.69) is 29.6 Å². The van der Waals surface area contributed by atoms with Gasteiger partial charge >= 0.3 is 0 Å². The summed E-state index contributed by atoms with van der Waals surface area (Å²) in [4.78, 5) is 1.33. The molecule has 1 atom stereocenters. The van der Waals surface area contributed by atoms with Crippen molar-refractivity contribution in [3.05, 3.63) is 58.9 Å². The molecule has 3 rings (SSSR count). The SMILES string of the molecule is Fc1c(Cl)cccc1NCC1Cc2ccccc2S1. The van der Waals surface area contributed by atoms with Crippen molar-refractivity contribution in [1.82, 2.24) is 0 Å². The largest absolute Gasteiger partial charge is 0.381 e. The highest BCUT2D eigenvalue weighted by Crippen LogP contribution is 2.36. The number of hydrogen-bond acceptors (Lipinski definition) is 2. The Morgan fingerprint density at radius 2 is 2.05 bits per heavy atom. The van der Waals surface area contributed by atoms with Gasteiger partial charge in [0.25, 0.3) is 0 Å². The van der Waals surface area contributed by atoms with Crippen molar-refractivity contribution >= 4 is 29.1 Å². The van der Waals surface area contributed by atoms with Crippen LogP contribution >= 0.6 is 23.4 Å². The molecule has 1 aliphatic rings. The van der Waals surface area contributed by atoms with Gasteiger partial charge in [-0.2, -0.15) is 0 Å². The van der Waals surface area contributed by atoms with Crippen molar-refractivity contribution in [2.45, 2.75) is 16.6 Å². The molecule has 4 heteroatoms. The first kappa shape index (κ1) is 12.8. The van der Waals surface area contributed by atoms with Gasteiger partial charge in [-0.1, -0.05) is 35.9 Å². The lowest BCUT2D eigenvalue weighted by Crippen LogP contribution is -2.16. The topological polar surface area (TPSA) is 12.0 Å². The normalized spacial score (nSPS) is 17.3. The summed E-state index contributed by atoms with van der Waals surface area (Å²) in [5.41, 5.74) is 1.86. The standard InChI is InChI=1S/C15H13ClFNS/c16-12-5-3-6-13(15(12)17)18-9-11-8-10-4-1-2-7-14(10)19-11/h1-7,11,18H,8-9H2. The van der Waals surface area contributed by atoms with Crippen LogP contribution in [0.25, 0.3) is 0 Å². The third-order valence-corrected chi connectivity index (χ3v) is 4.80. The van der Waals surface area contributed by atoms with Crippen molar-refractivity contribution < 1.29 is 4.39 Å². The molecule has 0 fully saturated rings. The van der Waals surface area contributed by atoms with Crippen molar-refractivity contribution in [3.63, 3.8) is 0 Å². The highest BCUT2D eigenvalue weighted by molar-refractivity contribution is 8.00. The van der Waals surface area contributed by atoms with Crippen LogP contribution in [-0.4, -0.2) is 11.8 Å².